The van der Waals surface area contributed by atoms with E-state index in [2.05, 4.69) is 4.72 Å². The maximum Gasteiger partial charge on any atom is 0.275 e. The number of benzene rings is 3. The molecule has 3 aromatic rings. The van der Waals surface area contributed by atoms with Crippen molar-refractivity contribution in [3.8, 4) is 11.5 Å². The van der Waals surface area contributed by atoms with Crippen molar-refractivity contribution in [2.24, 2.45) is 0 Å². The van der Waals surface area contributed by atoms with E-state index in [4.69, 9.17) is 16.3 Å². The molecule has 29 heavy (non-hydrogen) atoms. The molecule has 0 fully saturated rings. The smallest absolute Gasteiger partial charge is 0.275 e. The zero-order valence-electron chi connectivity index (χ0n) is 14.9. The summed E-state index contributed by atoms with van der Waals surface area (Å²) in [5.74, 6) is -0.544. The number of hydrogen-bond donors (Lipinski definition) is 1. The maximum absolute atomic E-state index is 13.3. The minimum Gasteiger partial charge on any atom is -0.457 e. The van der Waals surface area contributed by atoms with E-state index >= 15 is 0 Å². The number of nitro benzene ring substituents is 1. The number of nitrogens with one attached hydrogen (secondary N) is 1. The molecule has 0 aliphatic rings. The van der Waals surface area contributed by atoms with Crippen LogP contribution in [0.15, 0.2) is 65.6 Å². The Bertz CT molecular complexity index is 1180. The van der Waals surface area contributed by atoms with Crippen molar-refractivity contribution in [1.82, 2.24) is 0 Å². The second-order valence-electron chi connectivity index (χ2n) is 6.07. The third-order valence-electron chi connectivity index (χ3n) is 3.81. The molecule has 0 saturated carbocycles. The lowest BCUT2D eigenvalue weighted by atomic mass is 10.2. The number of nitro groups is 1. The summed E-state index contributed by atoms with van der Waals surface area (Å²) in [4.78, 5) is 10.5. The van der Waals surface area contributed by atoms with Gasteiger partial charge < -0.3 is 4.74 Å². The van der Waals surface area contributed by atoms with Crippen LogP contribution in [0.3, 0.4) is 0 Å². The molecule has 3 aromatic carbocycles. The molecule has 0 aromatic heterocycles. The first-order valence-corrected chi connectivity index (χ1v) is 10.0. The van der Waals surface area contributed by atoms with Crippen molar-refractivity contribution < 1.29 is 22.5 Å². The van der Waals surface area contributed by atoms with E-state index in [9.17, 15) is 22.9 Å². The van der Waals surface area contributed by atoms with Crippen molar-refractivity contribution in [3.05, 3.63) is 87.2 Å². The molecule has 150 valence electrons. The third-order valence-corrected chi connectivity index (χ3v) is 5.50. The van der Waals surface area contributed by atoms with Gasteiger partial charge >= 0.3 is 0 Å². The zero-order valence-corrected chi connectivity index (χ0v) is 16.5. The van der Waals surface area contributed by atoms with Crippen LogP contribution < -0.4 is 9.46 Å². The first-order chi connectivity index (χ1) is 13.6. The summed E-state index contributed by atoms with van der Waals surface area (Å²) in [6.45, 7) is 1.82. The summed E-state index contributed by atoms with van der Waals surface area (Å²) >= 11 is 5.70. The lowest BCUT2D eigenvalue weighted by molar-refractivity contribution is -0.384. The van der Waals surface area contributed by atoms with Gasteiger partial charge in [0.2, 0.25) is 0 Å². The van der Waals surface area contributed by atoms with Gasteiger partial charge in [-0.2, -0.15) is 0 Å². The Morgan fingerprint density at radius 2 is 1.72 bits per heavy atom. The van der Waals surface area contributed by atoms with Gasteiger partial charge in [0.15, 0.2) is 0 Å². The number of aryl methyl sites for hydroxylation is 1. The van der Waals surface area contributed by atoms with Crippen LogP contribution >= 0.6 is 11.6 Å². The molecule has 3 rings (SSSR count). The molecule has 1 N–H and O–H groups in total. The number of hydrogen-bond acceptors (Lipinski definition) is 5. The van der Waals surface area contributed by atoms with Crippen LogP contribution in [-0.2, 0) is 10.0 Å². The Kier molecular flexibility index (Phi) is 5.71. The van der Waals surface area contributed by atoms with Crippen molar-refractivity contribution >= 4 is 33.0 Å². The summed E-state index contributed by atoms with van der Waals surface area (Å²) in [5.41, 5.74) is 0.424. The second kappa shape index (κ2) is 8.06. The second-order valence-corrected chi connectivity index (χ2v) is 8.16. The molecule has 10 heteroatoms. The molecule has 0 spiro atoms. The molecule has 0 amide bonds. The standard InChI is InChI=1S/C19H14ClFN2O5S/c1-12-2-5-17(6-3-12)29(26,27)22-13-8-14(23(24)25)10-16(9-13)28-15-4-7-19(21)18(20)11-15/h2-11,22H,1H3. The molecule has 0 unspecified atom stereocenters. The predicted molar refractivity (Wildman–Crippen MR) is 107 cm³/mol. The molecular formula is C19H14ClFN2O5S. The summed E-state index contributed by atoms with van der Waals surface area (Å²) in [7, 11) is -3.97. The van der Waals surface area contributed by atoms with E-state index in [0.717, 1.165) is 23.8 Å². The number of halogens is 2. The zero-order chi connectivity index (χ0) is 21.2. The molecule has 0 aliphatic heterocycles. The SMILES string of the molecule is Cc1ccc(S(=O)(=O)Nc2cc(Oc3ccc(F)c(Cl)c3)cc([N+](=O)[O-])c2)cc1. The van der Waals surface area contributed by atoms with Crippen molar-refractivity contribution in [3.63, 3.8) is 0 Å². The topological polar surface area (TPSA) is 98.5 Å². The number of non-ortho nitro benzene ring substituents is 1. The van der Waals surface area contributed by atoms with Crippen LogP contribution in [0, 0.1) is 22.9 Å². The molecular weight excluding hydrogens is 423 g/mol. The highest BCUT2D eigenvalue weighted by atomic mass is 35.5. The van der Waals surface area contributed by atoms with Crippen LogP contribution in [0.25, 0.3) is 0 Å². The van der Waals surface area contributed by atoms with Gasteiger partial charge in [-0.25, -0.2) is 12.8 Å². The van der Waals surface area contributed by atoms with Crippen molar-refractivity contribution in [2.75, 3.05) is 4.72 Å². The van der Waals surface area contributed by atoms with Crippen LogP contribution in [0.4, 0.5) is 15.8 Å². The van der Waals surface area contributed by atoms with Gasteiger partial charge in [-0.1, -0.05) is 29.3 Å². The highest BCUT2D eigenvalue weighted by Gasteiger charge is 2.18. The fourth-order valence-corrected chi connectivity index (χ4v) is 3.63. The number of ether oxygens (including phenoxy) is 1. The average molecular weight is 437 g/mol. The molecule has 0 atom stereocenters. The van der Waals surface area contributed by atoms with Gasteiger partial charge in [0.05, 0.1) is 26.6 Å². The molecule has 0 bridgehead atoms. The van der Waals surface area contributed by atoms with Gasteiger partial charge in [0, 0.05) is 18.2 Å². The van der Waals surface area contributed by atoms with Gasteiger partial charge in [-0.3, -0.25) is 14.8 Å². The summed E-state index contributed by atoms with van der Waals surface area (Å²) in [5, 5.41) is 11.0. The fraction of sp³-hybridized carbons (Fsp3) is 0.0526. The largest absolute Gasteiger partial charge is 0.457 e. The van der Waals surface area contributed by atoms with Crippen molar-refractivity contribution in [2.45, 2.75) is 11.8 Å². The molecule has 7 nitrogen and oxygen atoms in total. The number of anilines is 1. The van der Waals surface area contributed by atoms with Crippen LogP contribution in [0.2, 0.25) is 5.02 Å². The summed E-state index contributed by atoms with van der Waals surface area (Å²) < 4.78 is 46.2. The number of sulfonamides is 1. The number of rotatable bonds is 6. The van der Waals surface area contributed by atoms with Gasteiger partial charge in [0.25, 0.3) is 15.7 Å². The van der Waals surface area contributed by atoms with E-state index in [1.54, 1.807) is 12.1 Å². The minimum atomic E-state index is -3.97. The van der Waals surface area contributed by atoms with Crippen LogP contribution in [0.5, 0.6) is 11.5 Å². The Balaban J connectivity index is 1.95. The van der Waals surface area contributed by atoms with Gasteiger partial charge in [-0.15, -0.1) is 0 Å². The normalized spacial score (nSPS) is 11.1. The lowest BCUT2D eigenvalue weighted by Crippen LogP contribution is -2.13. The molecule has 0 saturated heterocycles. The quantitative estimate of drug-likeness (QED) is 0.418. The number of nitrogens with zero attached hydrogens (tertiary/aromatic N) is 1. The Morgan fingerprint density at radius 1 is 1.03 bits per heavy atom. The highest BCUT2D eigenvalue weighted by Crippen LogP contribution is 2.32. The Labute approximate surface area is 170 Å². The first-order valence-electron chi connectivity index (χ1n) is 8.16. The monoisotopic (exact) mass is 436 g/mol. The minimum absolute atomic E-state index is 0.00221. The van der Waals surface area contributed by atoms with E-state index in [1.165, 1.54) is 30.3 Å². The average Bonchev–Trinajstić information content (AvgIpc) is 2.64. The van der Waals surface area contributed by atoms with Crippen LogP contribution in [-0.4, -0.2) is 13.3 Å². The molecule has 0 aliphatic carbocycles. The summed E-state index contributed by atoms with van der Waals surface area (Å²) in [6.07, 6.45) is 0. The molecule has 0 heterocycles. The van der Waals surface area contributed by atoms with E-state index in [1.807, 2.05) is 6.92 Å². The van der Waals surface area contributed by atoms with E-state index in [0.29, 0.717) is 0 Å². The fourth-order valence-electron chi connectivity index (χ4n) is 2.41. The van der Waals surface area contributed by atoms with Crippen LogP contribution in [0.1, 0.15) is 5.56 Å². The van der Waals surface area contributed by atoms with Gasteiger partial charge in [-0.05, 0) is 31.2 Å². The predicted octanol–water partition coefficient (Wildman–Crippen LogP) is 5.29. The van der Waals surface area contributed by atoms with E-state index < -0.39 is 26.5 Å². The molecule has 0 radical (unpaired) electrons. The first kappa shape index (κ1) is 20.6. The lowest BCUT2D eigenvalue weighted by Gasteiger charge is -2.11. The highest BCUT2D eigenvalue weighted by molar-refractivity contribution is 7.92. The maximum atomic E-state index is 13.3. The van der Waals surface area contributed by atoms with Gasteiger partial charge in [0.1, 0.15) is 17.3 Å². The van der Waals surface area contributed by atoms with E-state index in [-0.39, 0.29) is 27.1 Å². The summed E-state index contributed by atoms with van der Waals surface area (Å²) in [6, 6.07) is 13.1. The third kappa shape index (κ3) is 5.01. The van der Waals surface area contributed by atoms with Crippen molar-refractivity contribution in [1.29, 1.82) is 0 Å². The Hall–Kier alpha value is -3.17. The Morgan fingerprint density at radius 3 is 2.34 bits per heavy atom.